The van der Waals surface area contributed by atoms with Crippen LogP contribution in [0.2, 0.25) is 0 Å². The highest BCUT2D eigenvalue weighted by molar-refractivity contribution is 7.80. The molecule has 176 valence electrons. The summed E-state index contributed by atoms with van der Waals surface area (Å²) in [6.45, 7) is 1.85. The van der Waals surface area contributed by atoms with E-state index in [1.165, 1.54) is 0 Å². The van der Waals surface area contributed by atoms with E-state index in [0.717, 1.165) is 22.9 Å². The van der Waals surface area contributed by atoms with Crippen LogP contribution in [-0.2, 0) is 4.79 Å². The predicted molar refractivity (Wildman–Crippen MR) is 138 cm³/mol. The van der Waals surface area contributed by atoms with Gasteiger partial charge in [0.1, 0.15) is 23.3 Å². The Morgan fingerprint density at radius 3 is 2.51 bits per heavy atom. The van der Waals surface area contributed by atoms with E-state index in [0.29, 0.717) is 16.5 Å². The summed E-state index contributed by atoms with van der Waals surface area (Å²) in [4.78, 5) is 18.9. The molecule has 1 aliphatic heterocycles. The van der Waals surface area contributed by atoms with E-state index < -0.39 is 0 Å². The van der Waals surface area contributed by atoms with E-state index in [1.54, 1.807) is 6.20 Å². The molecule has 2 unspecified atom stereocenters. The van der Waals surface area contributed by atoms with E-state index in [4.69, 9.17) is 21.4 Å². The van der Waals surface area contributed by atoms with Crippen molar-refractivity contribution in [3.05, 3.63) is 108 Å². The lowest BCUT2D eigenvalue weighted by Crippen LogP contribution is -2.29. The Balaban J connectivity index is 1.34. The van der Waals surface area contributed by atoms with Gasteiger partial charge >= 0.3 is 0 Å². The summed E-state index contributed by atoms with van der Waals surface area (Å²) in [6, 6.07) is 26.1. The first-order valence-corrected chi connectivity index (χ1v) is 11.6. The number of nitrogens with one attached hydrogen (secondary N) is 2. The maximum absolute atomic E-state index is 12.3. The number of benzene rings is 2. The monoisotopic (exact) mass is 484 g/mol. The SMILES string of the molecule is Cc1ccc(C2C(c3ccccn3)NC(=S)N2c2ccc(NC(=O)COc3ccccc3)cc2)o1. The summed E-state index contributed by atoms with van der Waals surface area (Å²) < 4.78 is 11.5. The van der Waals surface area contributed by atoms with Gasteiger partial charge in [0.15, 0.2) is 11.7 Å². The highest BCUT2D eigenvalue weighted by Crippen LogP contribution is 2.42. The second kappa shape index (κ2) is 9.99. The number of nitrogens with zero attached hydrogens (tertiary/aromatic N) is 2. The first kappa shape index (κ1) is 22.6. The second-order valence-corrected chi connectivity index (χ2v) is 8.53. The lowest BCUT2D eigenvalue weighted by atomic mass is 10.0. The van der Waals surface area contributed by atoms with Crippen LogP contribution in [-0.4, -0.2) is 22.6 Å². The molecule has 1 fully saturated rings. The standard InChI is InChI=1S/C27H24N4O3S/c1-18-10-15-23(34-18)26-25(22-9-5-6-16-28-22)30-27(35)31(26)20-13-11-19(12-14-20)29-24(32)17-33-21-7-3-2-4-8-21/h2-16,25-26H,17H2,1H3,(H,29,32)(H,30,35). The molecular formula is C27H24N4O3S. The lowest BCUT2D eigenvalue weighted by Gasteiger charge is -2.26. The highest BCUT2D eigenvalue weighted by Gasteiger charge is 2.42. The number of pyridine rings is 1. The number of carbonyl (C=O) groups is 1. The van der Waals surface area contributed by atoms with Crippen LogP contribution in [0.1, 0.15) is 29.3 Å². The Hall–Kier alpha value is -4.17. The van der Waals surface area contributed by atoms with Gasteiger partial charge in [0.05, 0.1) is 11.7 Å². The molecule has 3 heterocycles. The van der Waals surface area contributed by atoms with Crippen LogP contribution in [0.4, 0.5) is 11.4 Å². The highest BCUT2D eigenvalue weighted by atomic mass is 32.1. The van der Waals surface area contributed by atoms with Crippen LogP contribution in [0.15, 0.2) is 95.5 Å². The number of anilines is 2. The fourth-order valence-electron chi connectivity index (χ4n) is 4.10. The number of para-hydroxylation sites is 1. The third-order valence-corrected chi connectivity index (χ3v) is 6.01. The molecule has 1 saturated heterocycles. The number of ether oxygens (including phenoxy) is 1. The molecule has 7 nitrogen and oxygen atoms in total. The molecule has 0 aliphatic carbocycles. The van der Waals surface area contributed by atoms with Crippen LogP contribution < -0.4 is 20.3 Å². The Morgan fingerprint density at radius 1 is 1.06 bits per heavy atom. The minimum absolute atomic E-state index is 0.0719. The molecule has 0 saturated carbocycles. The molecule has 1 amide bonds. The number of hydrogen-bond donors (Lipinski definition) is 2. The summed E-state index contributed by atoms with van der Waals surface area (Å²) in [6.07, 6.45) is 1.77. The number of aryl methyl sites for hydroxylation is 1. The van der Waals surface area contributed by atoms with Gasteiger partial charge in [-0.05, 0) is 79.8 Å². The van der Waals surface area contributed by atoms with Crippen molar-refractivity contribution >= 4 is 34.6 Å². The number of rotatable bonds is 7. The van der Waals surface area contributed by atoms with Crippen LogP contribution in [0.25, 0.3) is 0 Å². The molecule has 0 bridgehead atoms. The van der Waals surface area contributed by atoms with Gasteiger partial charge in [-0.2, -0.15) is 0 Å². The molecule has 35 heavy (non-hydrogen) atoms. The molecule has 2 aromatic heterocycles. The van der Waals surface area contributed by atoms with Gasteiger partial charge in [0, 0.05) is 17.6 Å². The van der Waals surface area contributed by atoms with Gasteiger partial charge in [0.25, 0.3) is 5.91 Å². The van der Waals surface area contributed by atoms with E-state index in [2.05, 4.69) is 15.6 Å². The van der Waals surface area contributed by atoms with Crippen LogP contribution in [0.3, 0.4) is 0 Å². The maximum atomic E-state index is 12.3. The molecule has 0 radical (unpaired) electrons. The quantitative estimate of drug-likeness (QED) is 0.350. The molecule has 2 N–H and O–H groups in total. The molecule has 5 rings (SSSR count). The third-order valence-electron chi connectivity index (χ3n) is 5.69. The molecule has 2 atom stereocenters. The van der Waals surface area contributed by atoms with Gasteiger partial charge < -0.3 is 24.7 Å². The van der Waals surface area contributed by atoms with Crippen LogP contribution in [0.5, 0.6) is 5.75 Å². The first-order chi connectivity index (χ1) is 17.1. The zero-order valence-corrected chi connectivity index (χ0v) is 19.9. The maximum Gasteiger partial charge on any atom is 0.262 e. The minimum atomic E-state index is -0.237. The third kappa shape index (κ3) is 5.02. The Kier molecular flexibility index (Phi) is 6.45. The number of carbonyl (C=O) groups excluding carboxylic acids is 1. The second-order valence-electron chi connectivity index (χ2n) is 8.14. The van der Waals surface area contributed by atoms with Crippen molar-refractivity contribution in [1.29, 1.82) is 0 Å². The predicted octanol–water partition coefficient (Wildman–Crippen LogP) is 5.18. The number of aromatic nitrogens is 1. The van der Waals surface area contributed by atoms with Gasteiger partial charge in [0.2, 0.25) is 0 Å². The zero-order valence-electron chi connectivity index (χ0n) is 19.0. The first-order valence-electron chi connectivity index (χ1n) is 11.2. The summed E-state index contributed by atoms with van der Waals surface area (Å²) in [5.41, 5.74) is 2.41. The summed E-state index contributed by atoms with van der Waals surface area (Å²) in [7, 11) is 0. The van der Waals surface area contributed by atoms with Gasteiger partial charge in [-0.1, -0.05) is 24.3 Å². The van der Waals surface area contributed by atoms with E-state index in [9.17, 15) is 4.79 Å². The fraction of sp³-hybridized carbons (Fsp3) is 0.148. The Labute approximate surface area is 208 Å². The normalized spacial score (nSPS) is 17.2. The van der Waals surface area contributed by atoms with Crippen molar-refractivity contribution < 1.29 is 13.9 Å². The average molecular weight is 485 g/mol. The van der Waals surface area contributed by atoms with E-state index >= 15 is 0 Å². The van der Waals surface area contributed by atoms with E-state index in [1.807, 2.05) is 96.8 Å². The molecule has 8 heteroatoms. The van der Waals surface area contributed by atoms with Crippen molar-refractivity contribution in [2.75, 3.05) is 16.8 Å². The van der Waals surface area contributed by atoms with Crippen LogP contribution >= 0.6 is 12.2 Å². The molecule has 2 aromatic carbocycles. The van der Waals surface area contributed by atoms with Gasteiger partial charge in [-0.15, -0.1) is 0 Å². The fourth-order valence-corrected chi connectivity index (χ4v) is 4.45. The molecule has 4 aromatic rings. The van der Waals surface area contributed by atoms with Crippen molar-refractivity contribution in [2.24, 2.45) is 0 Å². The van der Waals surface area contributed by atoms with Crippen molar-refractivity contribution in [2.45, 2.75) is 19.0 Å². The summed E-state index contributed by atoms with van der Waals surface area (Å²) >= 11 is 5.73. The zero-order chi connectivity index (χ0) is 24.2. The number of hydrogen-bond acceptors (Lipinski definition) is 5. The van der Waals surface area contributed by atoms with Crippen molar-refractivity contribution in [3.8, 4) is 5.75 Å². The summed E-state index contributed by atoms with van der Waals surface area (Å²) in [5.74, 6) is 2.03. The smallest absolute Gasteiger partial charge is 0.262 e. The minimum Gasteiger partial charge on any atom is -0.484 e. The average Bonchev–Trinajstić information content (AvgIpc) is 3.47. The topological polar surface area (TPSA) is 79.6 Å². The number of thiocarbonyl (C=S) groups is 1. The Morgan fingerprint density at radius 2 is 1.83 bits per heavy atom. The van der Waals surface area contributed by atoms with Crippen molar-refractivity contribution in [3.63, 3.8) is 0 Å². The molecule has 1 aliphatic rings. The number of furan rings is 1. The lowest BCUT2D eigenvalue weighted by molar-refractivity contribution is -0.118. The van der Waals surface area contributed by atoms with Crippen LogP contribution in [0, 0.1) is 6.92 Å². The van der Waals surface area contributed by atoms with E-state index in [-0.39, 0.29) is 24.6 Å². The number of amides is 1. The summed E-state index contributed by atoms with van der Waals surface area (Å²) in [5, 5.41) is 6.84. The Bertz CT molecular complexity index is 1310. The molecule has 0 spiro atoms. The molecular weight excluding hydrogens is 460 g/mol. The van der Waals surface area contributed by atoms with Gasteiger partial charge in [-0.25, -0.2) is 0 Å². The largest absolute Gasteiger partial charge is 0.484 e. The van der Waals surface area contributed by atoms with Crippen molar-refractivity contribution in [1.82, 2.24) is 10.3 Å². The van der Waals surface area contributed by atoms with Gasteiger partial charge in [-0.3, -0.25) is 9.78 Å².